The molecular weight excluding hydrogens is 620 g/mol. The molecule has 150 valence electrons. The van der Waals surface area contributed by atoms with Crippen molar-refractivity contribution in [3.8, 4) is 10.4 Å². The first-order chi connectivity index (χ1) is 14.1. The molecule has 2 N–H and O–H groups in total. The number of carbonyl (C=O) groups excluding carboxylic acids is 2. The van der Waals surface area contributed by atoms with Crippen molar-refractivity contribution in [2.75, 3.05) is 13.1 Å². The summed E-state index contributed by atoms with van der Waals surface area (Å²) in [5.74, 6) is -0.476. The van der Waals surface area contributed by atoms with Gasteiger partial charge in [0.25, 0.3) is 5.91 Å². The number of likely N-dealkylation sites (tertiary alicyclic amines) is 1. The monoisotopic (exact) mass is 641 g/mol. The van der Waals surface area contributed by atoms with Gasteiger partial charge in [0.1, 0.15) is 5.69 Å². The van der Waals surface area contributed by atoms with Crippen LogP contribution in [0.3, 0.4) is 0 Å². The molecule has 1 fully saturated rings. The second kappa shape index (κ2) is 11.9. The van der Waals surface area contributed by atoms with E-state index in [1.165, 1.54) is 17.4 Å². The smallest absolute Gasteiger partial charge is 0.364 e. The predicted molar refractivity (Wildman–Crippen MR) is 114 cm³/mol. The number of amides is 2. The third-order valence-corrected chi connectivity index (χ3v) is 5.76. The summed E-state index contributed by atoms with van der Waals surface area (Å²) >= 11 is 1.47. The Hall–Kier alpha value is -2.20. The van der Waals surface area contributed by atoms with Gasteiger partial charge in [0, 0.05) is 23.9 Å². The van der Waals surface area contributed by atoms with Gasteiger partial charge in [-0.15, -0.1) is 16.9 Å². The Morgan fingerprint density at radius 3 is 2.37 bits per heavy atom. The van der Waals surface area contributed by atoms with E-state index in [1.54, 1.807) is 17.0 Å². The average Bonchev–Trinajstić information content (AvgIpc) is 3.43. The molecule has 1 aliphatic heterocycles. The zero-order valence-corrected chi connectivity index (χ0v) is 21.4. The van der Waals surface area contributed by atoms with E-state index in [-0.39, 0.29) is 42.9 Å². The Kier molecular flexibility index (Phi) is 9.51. The van der Waals surface area contributed by atoms with Gasteiger partial charge in [0.05, 0.1) is 5.01 Å². The van der Waals surface area contributed by atoms with E-state index in [0.29, 0.717) is 18.8 Å². The largest absolute Gasteiger partial charge is 2.00 e. The van der Waals surface area contributed by atoms with E-state index < -0.39 is 5.91 Å². The molecule has 5 nitrogen and oxygen atoms in total. The molecule has 30 heavy (non-hydrogen) atoms. The molecule has 1 atom stereocenters. The van der Waals surface area contributed by atoms with E-state index in [9.17, 15) is 9.59 Å². The van der Waals surface area contributed by atoms with E-state index in [4.69, 9.17) is 5.73 Å². The minimum Gasteiger partial charge on any atom is -0.364 e. The van der Waals surface area contributed by atoms with Crippen molar-refractivity contribution in [1.82, 2.24) is 9.88 Å². The van der Waals surface area contributed by atoms with Crippen LogP contribution < -0.4 is 5.73 Å². The van der Waals surface area contributed by atoms with E-state index in [1.807, 2.05) is 42.5 Å². The van der Waals surface area contributed by atoms with E-state index >= 15 is 0 Å². The zero-order chi connectivity index (χ0) is 20.6. The van der Waals surface area contributed by atoms with E-state index in [2.05, 4.69) is 23.7 Å². The SMILES string of the molecule is C=CC(=O)N1CCC(c2nc(C(N)=O)c(-c3cc[c-]cc3)s2)C1.[U+2].[c-]1ccccc1. The maximum Gasteiger partial charge on any atom is 2.00 e. The number of carbonyl (C=O) groups is 2. The molecule has 1 unspecified atom stereocenters. The standard InChI is InChI=1S/C17H16N3O2S.C6H5.U/c1-2-13(21)20-9-8-12(10-20)17-19-14(16(18)22)15(23-17)11-6-4-3-5-7-11;1-2-4-6-5-3-1;/h2,4-7,12H,1,8-10H2,(H2,18,22);1-5H;/q2*-1;+2. The van der Waals surface area contributed by atoms with Gasteiger partial charge in [-0.25, -0.2) is 4.98 Å². The molecule has 0 bridgehead atoms. The van der Waals surface area contributed by atoms with Crippen molar-refractivity contribution in [1.29, 1.82) is 0 Å². The van der Waals surface area contributed by atoms with Gasteiger partial charge in [-0.3, -0.25) is 9.59 Å². The quantitative estimate of drug-likeness (QED) is 0.349. The third-order valence-electron chi connectivity index (χ3n) is 4.49. The second-order valence-corrected chi connectivity index (χ2v) is 7.46. The number of thiazole rings is 1. The van der Waals surface area contributed by atoms with Gasteiger partial charge >= 0.3 is 31.1 Å². The van der Waals surface area contributed by atoms with Crippen LogP contribution in [0.2, 0.25) is 0 Å². The molecule has 1 aliphatic rings. The summed E-state index contributed by atoms with van der Waals surface area (Å²) in [5.41, 5.74) is 6.68. The molecule has 0 aliphatic carbocycles. The van der Waals surface area contributed by atoms with Crippen molar-refractivity contribution in [2.24, 2.45) is 5.73 Å². The van der Waals surface area contributed by atoms with Crippen LogP contribution in [0.25, 0.3) is 10.4 Å². The number of rotatable bonds is 4. The molecular formula is C23H21N3O2SU. The van der Waals surface area contributed by atoms with Crippen molar-refractivity contribution in [3.63, 3.8) is 0 Å². The van der Waals surface area contributed by atoms with Crippen LogP contribution in [0.5, 0.6) is 0 Å². The van der Waals surface area contributed by atoms with Gasteiger partial charge in [0.2, 0.25) is 5.91 Å². The molecule has 2 amide bonds. The van der Waals surface area contributed by atoms with Crippen LogP contribution in [0.1, 0.15) is 27.8 Å². The van der Waals surface area contributed by atoms with Crippen LogP contribution in [0.4, 0.5) is 0 Å². The third kappa shape index (κ3) is 6.15. The van der Waals surface area contributed by atoms with Crippen molar-refractivity contribution >= 4 is 23.2 Å². The number of hydrogen-bond acceptors (Lipinski definition) is 4. The van der Waals surface area contributed by atoms with Crippen LogP contribution in [0.15, 0.2) is 67.3 Å². The Bertz CT molecular complexity index is 950. The van der Waals surface area contributed by atoms with Gasteiger partial charge in [-0.05, 0) is 12.5 Å². The number of benzene rings is 2. The van der Waals surface area contributed by atoms with Gasteiger partial charge < -0.3 is 10.6 Å². The maximum absolute atomic E-state index is 11.7. The summed E-state index contributed by atoms with van der Waals surface area (Å²) in [7, 11) is 0. The fourth-order valence-electron chi connectivity index (χ4n) is 3.05. The predicted octanol–water partition coefficient (Wildman–Crippen LogP) is 3.70. The van der Waals surface area contributed by atoms with Crippen LogP contribution in [0, 0.1) is 43.2 Å². The normalized spacial score (nSPS) is 14.8. The first-order valence-electron chi connectivity index (χ1n) is 9.19. The fraction of sp³-hybridized carbons (Fsp3) is 0.174. The fourth-order valence-corrected chi connectivity index (χ4v) is 4.25. The maximum atomic E-state index is 11.7. The molecule has 0 radical (unpaired) electrons. The molecule has 1 saturated heterocycles. The summed E-state index contributed by atoms with van der Waals surface area (Å²) in [6.07, 6.45) is 2.15. The summed E-state index contributed by atoms with van der Waals surface area (Å²) in [6.45, 7) is 4.79. The number of nitrogens with zero attached hydrogens (tertiary/aromatic N) is 2. The number of primary amides is 1. The minimum absolute atomic E-state index is 0. The zero-order valence-electron chi connectivity index (χ0n) is 16.4. The topological polar surface area (TPSA) is 76.3 Å². The van der Waals surface area contributed by atoms with Gasteiger partial charge in [-0.1, -0.05) is 6.58 Å². The second-order valence-electron chi connectivity index (χ2n) is 6.43. The number of hydrogen-bond donors (Lipinski definition) is 1. The van der Waals surface area contributed by atoms with Crippen molar-refractivity contribution in [3.05, 3.63) is 90.1 Å². The van der Waals surface area contributed by atoms with Crippen LogP contribution >= 0.6 is 11.3 Å². The molecule has 7 heteroatoms. The van der Waals surface area contributed by atoms with Crippen LogP contribution in [-0.4, -0.2) is 34.8 Å². The Morgan fingerprint density at radius 1 is 1.17 bits per heavy atom. The Labute approximate surface area is 204 Å². The van der Waals surface area contributed by atoms with Crippen LogP contribution in [-0.2, 0) is 4.79 Å². The number of aromatic nitrogens is 1. The summed E-state index contributed by atoms with van der Waals surface area (Å²) in [6, 6.07) is 22.8. The number of nitrogens with two attached hydrogens (primary N) is 1. The van der Waals surface area contributed by atoms with Gasteiger partial charge in [-0.2, -0.15) is 66.7 Å². The summed E-state index contributed by atoms with van der Waals surface area (Å²) in [5, 5.41) is 0.848. The average molecular weight is 642 g/mol. The van der Waals surface area contributed by atoms with Crippen molar-refractivity contribution in [2.45, 2.75) is 12.3 Å². The Morgan fingerprint density at radius 2 is 1.83 bits per heavy atom. The minimum atomic E-state index is -0.535. The molecule has 4 rings (SSSR count). The molecule has 2 aromatic carbocycles. The summed E-state index contributed by atoms with van der Waals surface area (Å²) < 4.78 is 0. The van der Waals surface area contributed by atoms with E-state index in [0.717, 1.165) is 21.9 Å². The molecule has 0 saturated carbocycles. The molecule has 1 aromatic heterocycles. The first-order valence-corrected chi connectivity index (χ1v) is 10.0. The summed E-state index contributed by atoms with van der Waals surface area (Å²) in [4.78, 5) is 30.4. The first kappa shape index (κ1) is 24.1. The van der Waals surface area contributed by atoms with Crippen molar-refractivity contribution < 1.29 is 40.7 Å². The molecule has 2 heterocycles. The molecule has 3 aromatic rings. The molecule has 0 spiro atoms. The van der Waals surface area contributed by atoms with Gasteiger partial charge in [0.15, 0.2) is 0 Å². The Balaban J connectivity index is 0.000000395.